The molecule has 0 aliphatic rings. The summed E-state index contributed by atoms with van der Waals surface area (Å²) in [5.74, 6) is 0.733. The van der Waals surface area contributed by atoms with Crippen LogP contribution in [0.15, 0.2) is 18.3 Å². The topological polar surface area (TPSA) is 41.6 Å². The van der Waals surface area contributed by atoms with Crippen LogP contribution in [0.4, 0.5) is 0 Å². The maximum atomic E-state index is 5.20. The predicted molar refractivity (Wildman–Crippen MR) is 66.9 cm³/mol. The van der Waals surface area contributed by atoms with E-state index in [-0.39, 0.29) is 0 Å². The lowest BCUT2D eigenvalue weighted by atomic mass is 10.2. The lowest BCUT2D eigenvalue weighted by molar-refractivity contribution is 1.04. The molecule has 2 aromatic rings. The number of aryl methyl sites for hydroxylation is 2. The van der Waals surface area contributed by atoms with Gasteiger partial charge in [-0.1, -0.05) is 12.2 Å². The van der Waals surface area contributed by atoms with Crippen LogP contribution in [0.5, 0.6) is 0 Å². The molecular formula is C12H13N3S. The summed E-state index contributed by atoms with van der Waals surface area (Å²) in [6.45, 7) is 5.99. The van der Waals surface area contributed by atoms with Crippen molar-refractivity contribution in [3.63, 3.8) is 0 Å². The monoisotopic (exact) mass is 231 g/mol. The molecule has 0 radical (unpaired) electrons. The molecule has 2 rings (SSSR count). The zero-order chi connectivity index (χ0) is 11.7. The second-order valence-electron chi connectivity index (χ2n) is 3.86. The van der Waals surface area contributed by atoms with Crippen molar-refractivity contribution in [3.05, 3.63) is 39.8 Å². The number of nitrogens with one attached hydrogen (secondary N) is 1. The zero-order valence-electron chi connectivity index (χ0n) is 9.53. The van der Waals surface area contributed by atoms with Gasteiger partial charge in [-0.25, -0.2) is 4.98 Å². The molecule has 4 heteroatoms. The Morgan fingerprint density at radius 3 is 2.62 bits per heavy atom. The molecule has 0 spiro atoms. The first-order chi connectivity index (χ1) is 7.58. The molecule has 82 valence electrons. The molecule has 0 unspecified atom stereocenters. The smallest absolute Gasteiger partial charge is 0.157 e. The van der Waals surface area contributed by atoms with Crippen LogP contribution in [0.2, 0.25) is 0 Å². The van der Waals surface area contributed by atoms with Crippen LogP contribution < -0.4 is 0 Å². The first-order valence-electron chi connectivity index (χ1n) is 5.08. The van der Waals surface area contributed by atoms with Gasteiger partial charge in [0, 0.05) is 17.5 Å². The highest BCUT2D eigenvalue weighted by Crippen LogP contribution is 2.15. The van der Waals surface area contributed by atoms with Gasteiger partial charge in [-0.2, -0.15) is 0 Å². The van der Waals surface area contributed by atoms with Crippen LogP contribution in [-0.2, 0) is 0 Å². The SMILES string of the molecule is Cc1ccnc(-c2nc(=S)c(C)c(C)[nH]2)c1. The van der Waals surface area contributed by atoms with Crippen molar-refractivity contribution < 1.29 is 0 Å². The molecule has 0 amide bonds. The molecule has 0 atom stereocenters. The summed E-state index contributed by atoms with van der Waals surface area (Å²) in [6.07, 6.45) is 1.78. The summed E-state index contributed by atoms with van der Waals surface area (Å²) in [5.41, 5.74) is 4.04. The van der Waals surface area contributed by atoms with Gasteiger partial charge >= 0.3 is 0 Å². The molecule has 0 aliphatic carbocycles. The molecule has 0 fully saturated rings. The third kappa shape index (κ3) is 2.02. The van der Waals surface area contributed by atoms with Crippen molar-refractivity contribution in [1.29, 1.82) is 0 Å². The number of nitrogens with zero attached hydrogens (tertiary/aromatic N) is 2. The summed E-state index contributed by atoms with van der Waals surface area (Å²) >= 11 is 5.20. The average molecular weight is 231 g/mol. The van der Waals surface area contributed by atoms with Crippen LogP contribution in [0.25, 0.3) is 11.5 Å². The molecule has 0 aromatic carbocycles. The number of rotatable bonds is 1. The minimum atomic E-state index is 0.634. The van der Waals surface area contributed by atoms with Gasteiger partial charge in [-0.05, 0) is 38.5 Å². The standard InChI is InChI=1S/C12H13N3S/c1-7-4-5-13-10(6-7)11-14-9(3)8(2)12(16)15-11/h4-6H,1-3H3,(H,14,15,16). The number of aromatic amines is 1. The van der Waals surface area contributed by atoms with E-state index in [4.69, 9.17) is 12.2 Å². The van der Waals surface area contributed by atoms with E-state index in [9.17, 15) is 0 Å². The Labute approximate surface area is 99.6 Å². The van der Waals surface area contributed by atoms with Crippen molar-refractivity contribution in [3.8, 4) is 11.5 Å². The van der Waals surface area contributed by atoms with Crippen LogP contribution in [0, 0.1) is 25.4 Å². The molecule has 2 aromatic heterocycles. The first-order valence-corrected chi connectivity index (χ1v) is 5.49. The fourth-order valence-corrected chi connectivity index (χ4v) is 1.68. The Morgan fingerprint density at radius 1 is 1.25 bits per heavy atom. The van der Waals surface area contributed by atoms with E-state index in [0.29, 0.717) is 4.64 Å². The van der Waals surface area contributed by atoms with Crippen LogP contribution >= 0.6 is 12.2 Å². The van der Waals surface area contributed by atoms with E-state index in [0.717, 1.165) is 28.3 Å². The quantitative estimate of drug-likeness (QED) is 0.767. The first kappa shape index (κ1) is 11.0. The molecule has 2 heterocycles. The van der Waals surface area contributed by atoms with Crippen LogP contribution in [-0.4, -0.2) is 15.0 Å². The second-order valence-corrected chi connectivity index (χ2v) is 4.25. The Morgan fingerprint density at radius 2 is 2.00 bits per heavy atom. The normalized spacial score (nSPS) is 10.4. The zero-order valence-corrected chi connectivity index (χ0v) is 10.4. The highest BCUT2D eigenvalue weighted by molar-refractivity contribution is 7.71. The minimum Gasteiger partial charge on any atom is -0.342 e. The fourth-order valence-electron chi connectivity index (χ4n) is 1.43. The van der Waals surface area contributed by atoms with E-state index in [1.807, 2.05) is 32.9 Å². The molecule has 0 saturated carbocycles. The summed E-state index contributed by atoms with van der Waals surface area (Å²) in [5, 5.41) is 0. The predicted octanol–water partition coefficient (Wildman–Crippen LogP) is 3.13. The van der Waals surface area contributed by atoms with Gasteiger partial charge in [0.25, 0.3) is 0 Å². The van der Waals surface area contributed by atoms with Crippen molar-refractivity contribution in [2.45, 2.75) is 20.8 Å². The number of H-pyrrole nitrogens is 1. The van der Waals surface area contributed by atoms with Crippen molar-refractivity contribution in [2.75, 3.05) is 0 Å². The summed E-state index contributed by atoms with van der Waals surface area (Å²) in [7, 11) is 0. The minimum absolute atomic E-state index is 0.634. The molecule has 0 aliphatic heterocycles. The number of pyridine rings is 1. The molecule has 0 bridgehead atoms. The Bertz CT molecular complexity index is 587. The molecule has 1 N–H and O–H groups in total. The number of aromatic nitrogens is 3. The van der Waals surface area contributed by atoms with Gasteiger partial charge in [0.15, 0.2) is 5.82 Å². The third-order valence-corrected chi connectivity index (χ3v) is 2.96. The van der Waals surface area contributed by atoms with Crippen molar-refractivity contribution in [2.24, 2.45) is 0 Å². The van der Waals surface area contributed by atoms with E-state index in [1.54, 1.807) is 6.20 Å². The lowest BCUT2D eigenvalue weighted by Gasteiger charge is -2.05. The number of hydrogen-bond acceptors (Lipinski definition) is 3. The van der Waals surface area contributed by atoms with Crippen molar-refractivity contribution >= 4 is 12.2 Å². The van der Waals surface area contributed by atoms with Crippen molar-refractivity contribution in [1.82, 2.24) is 15.0 Å². The van der Waals surface area contributed by atoms with Gasteiger partial charge in [-0.3, -0.25) is 4.98 Å². The van der Waals surface area contributed by atoms with Crippen LogP contribution in [0.1, 0.15) is 16.8 Å². The maximum Gasteiger partial charge on any atom is 0.157 e. The Kier molecular flexibility index (Phi) is 2.83. The highest BCUT2D eigenvalue weighted by Gasteiger charge is 2.04. The van der Waals surface area contributed by atoms with Gasteiger partial charge in [-0.15, -0.1) is 0 Å². The maximum absolute atomic E-state index is 5.20. The molecule has 0 saturated heterocycles. The Hall–Kier alpha value is -1.55. The summed E-state index contributed by atoms with van der Waals surface area (Å²) < 4.78 is 0.634. The molecular weight excluding hydrogens is 218 g/mol. The van der Waals surface area contributed by atoms with Gasteiger partial charge < -0.3 is 4.98 Å². The second kappa shape index (κ2) is 4.14. The van der Waals surface area contributed by atoms with Gasteiger partial charge in [0.1, 0.15) is 10.3 Å². The van der Waals surface area contributed by atoms with Gasteiger partial charge in [0.2, 0.25) is 0 Å². The molecule has 16 heavy (non-hydrogen) atoms. The average Bonchev–Trinajstić information content (AvgIpc) is 2.25. The Balaban J connectivity index is 2.61. The summed E-state index contributed by atoms with van der Waals surface area (Å²) in [6, 6.07) is 3.95. The van der Waals surface area contributed by atoms with Crippen LogP contribution in [0.3, 0.4) is 0 Å². The van der Waals surface area contributed by atoms with E-state index in [2.05, 4.69) is 15.0 Å². The lowest BCUT2D eigenvalue weighted by Crippen LogP contribution is -1.97. The van der Waals surface area contributed by atoms with E-state index >= 15 is 0 Å². The molecule has 3 nitrogen and oxygen atoms in total. The fraction of sp³-hybridized carbons (Fsp3) is 0.250. The number of hydrogen-bond donors (Lipinski definition) is 1. The van der Waals surface area contributed by atoms with E-state index < -0.39 is 0 Å². The van der Waals surface area contributed by atoms with Gasteiger partial charge in [0.05, 0.1) is 0 Å². The summed E-state index contributed by atoms with van der Waals surface area (Å²) in [4.78, 5) is 11.8. The highest BCUT2D eigenvalue weighted by atomic mass is 32.1. The largest absolute Gasteiger partial charge is 0.342 e. The van der Waals surface area contributed by atoms with E-state index in [1.165, 1.54) is 0 Å². The third-order valence-electron chi connectivity index (χ3n) is 2.56.